The van der Waals surface area contributed by atoms with Crippen molar-refractivity contribution >= 4 is 0 Å². The van der Waals surface area contributed by atoms with Crippen LogP contribution in [0, 0.1) is 5.41 Å². The minimum atomic E-state index is 0.0972. The fraction of sp³-hybridized carbons (Fsp3) is 0.778. The van der Waals surface area contributed by atoms with Gasteiger partial charge in [-0.25, -0.2) is 0 Å². The molecule has 0 saturated heterocycles. The van der Waals surface area contributed by atoms with Gasteiger partial charge in [-0.3, -0.25) is 0 Å². The molecule has 0 aliphatic heterocycles. The molecule has 1 saturated carbocycles. The summed E-state index contributed by atoms with van der Waals surface area (Å²) < 4.78 is 0. The van der Waals surface area contributed by atoms with Crippen molar-refractivity contribution in [3.05, 3.63) is 12.3 Å². The van der Waals surface area contributed by atoms with Crippen LogP contribution in [0.15, 0.2) is 12.3 Å². The monoisotopic (exact) mass is 140 g/mol. The molecule has 1 rings (SSSR count). The Balaban J connectivity index is 2.67. The summed E-state index contributed by atoms with van der Waals surface area (Å²) in [7, 11) is 0. The highest BCUT2D eigenvalue weighted by Crippen LogP contribution is 2.44. The topological polar surface area (TPSA) is 20.2 Å². The van der Waals surface area contributed by atoms with Crippen LogP contribution < -0.4 is 0 Å². The van der Waals surface area contributed by atoms with Crippen LogP contribution in [0.2, 0.25) is 0 Å². The molecule has 10 heavy (non-hydrogen) atoms. The molecule has 1 N–H and O–H groups in total. The van der Waals surface area contributed by atoms with E-state index in [0.717, 1.165) is 19.3 Å². The standard InChI is InChI=1S/C9H16O/c1-3-9(8(2)10)6-4-5-7-9/h10H,2-7H2,1H3. The SMILES string of the molecule is C=C(O)C1(CC)CCCC1. The summed E-state index contributed by atoms with van der Waals surface area (Å²) in [4.78, 5) is 0. The smallest absolute Gasteiger partial charge is 0.0912 e. The van der Waals surface area contributed by atoms with Crippen LogP contribution >= 0.6 is 0 Å². The Morgan fingerprint density at radius 2 is 2.00 bits per heavy atom. The summed E-state index contributed by atoms with van der Waals surface area (Å²) in [6, 6.07) is 0. The Morgan fingerprint density at radius 1 is 1.50 bits per heavy atom. The quantitative estimate of drug-likeness (QED) is 0.584. The molecule has 0 heterocycles. The van der Waals surface area contributed by atoms with Gasteiger partial charge in [0, 0.05) is 5.41 Å². The zero-order valence-electron chi connectivity index (χ0n) is 6.69. The van der Waals surface area contributed by atoms with Crippen molar-refractivity contribution in [2.24, 2.45) is 5.41 Å². The van der Waals surface area contributed by atoms with Gasteiger partial charge in [0.05, 0.1) is 5.76 Å². The summed E-state index contributed by atoms with van der Waals surface area (Å²) in [6.07, 6.45) is 5.83. The van der Waals surface area contributed by atoms with Crippen LogP contribution in [0.5, 0.6) is 0 Å². The highest BCUT2D eigenvalue weighted by molar-refractivity contribution is 5.03. The van der Waals surface area contributed by atoms with E-state index in [2.05, 4.69) is 13.5 Å². The first-order valence-electron chi connectivity index (χ1n) is 4.09. The van der Waals surface area contributed by atoms with Crippen LogP contribution in [0.25, 0.3) is 0 Å². The molecular weight excluding hydrogens is 124 g/mol. The molecule has 0 aromatic heterocycles. The average molecular weight is 140 g/mol. The maximum atomic E-state index is 9.31. The van der Waals surface area contributed by atoms with Gasteiger partial charge in [0.2, 0.25) is 0 Å². The Labute approximate surface area is 62.8 Å². The molecule has 1 fully saturated rings. The summed E-state index contributed by atoms with van der Waals surface area (Å²) in [5, 5.41) is 9.31. The minimum Gasteiger partial charge on any atom is -0.512 e. The van der Waals surface area contributed by atoms with Gasteiger partial charge in [-0.05, 0) is 19.3 Å². The Hall–Kier alpha value is -0.460. The molecule has 0 bridgehead atoms. The molecule has 0 unspecified atom stereocenters. The zero-order valence-corrected chi connectivity index (χ0v) is 6.69. The van der Waals surface area contributed by atoms with Gasteiger partial charge in [0.1, 0.15) is 0 Å². The van der Waals surface area contributed by atoms with Crippen LogP contribution in [0.4, 0.5) is 0 Å². The average Bonchev–Trinajstić information content (AvgIpc) is 2.35. The van der Waals surface area contributed by atoms with E-state index in [4.69, 9.17) is 0 Å². The second-order valence-electron chi connectivity index (χ2n) is 3.29. The largest absolute Gasteiger partial charge is 0.512 e. The van der Waals surface area contributed by atoms with Crippen molar-refractivity contribution in [3.63, 3.8) is 0 Å². The molecule has 0 aromatic rings. The number of rotatable bonds is 2. The number of hydrogen-bond acceptors (Lipinski definition) is 1. The number of aliphatic hydroxyl groups excluding tert-OH is 1. The lowest BCUT2D eigenvalue weighted by Crippen LogP contribution is -2.16. The third kappa shape index (κ3) is 1.05. The summed E-state index contributed by atoms with van der Waals surface area (Å²) >= 11 is 0. The van der Waals surface area contributed by atoms with E-state index in [-0.39, 0.29) is 5.41 Å². The lowest BCUT2D eigenvalue weighted by atomic mass is 9.82. The lowest BCUT2D eigenvalue weighted by molar-refractivity contribution is 0.217. The first-order valence-corrected chi connectivity index (χ1v) is 4.09. The fourth-order valence-corrected chi connectivity index (χ4v) is 1.90. The van der Waals surface area contributed by atoms with Crippen molar-refractivity contribution in [1.82, 2.24) is 0 Å². The molecule has 58 valence electrons. The second kappa shape index (κ2) is 2.65. The molecule has 1 heteroatoms. The molecule has 1 aliphatic carbocycles. The van der Waals surface area contributed by atoms with Crippen molar-refractivity contribution in [2.75, 3.05) is 0 Å². The maximum absolute atomic E-state index is 9.31. The third-order valence-corrected chi connectivity index (χ3v) is 2.85. The first-order chi connectivity index (χ1) is 4.71. The second-order valence-corrected chi connectivity index (χ2v) is 3.29. The van der Waals surface area contributed by atoms with Crippen molar-refractivity contribution in [3.8, 4) is 0 Å². The van der Waals surface area contributed by atoms with Gasteiger partial charge in [0.25, 0.3) is 0 Å². The highest BCUT2D eigenvalue weighted by Gasteiger charge is 2.34. The van der Waals surface area contributed by atoms with E-state index in [0.29, 0.717) is 5.76 Å². The van der Waals surface area contributed by atoms with Crippen LogP contribution in [0.3, 0.4) is 0 Å². The van der Waals surface area contributed by atoms with Crippen LogP contribution in [-0.4, -0.2) is 5.11 Å². The van der Waals surface area contributed by atoms with Crippen LogP contribution in [-0.2, 0) is 0 Å². The molecular formula is C9H16O. The van der Waals surface area contributed by atoms with Crippen molar-refractivity contribution < 1.29 is 5.11 Å². The number of allylic oxidation sites excluding steroid dienone is 1. The van der Waals surface area contributed by atoms with E-state index in [9.17, 15) is 5.11 Å². The Morgan fingerprint density at radius 3 is 2.20 bits per heavy atom. The predicted molar refractivity (Wildman–Crippen MR) is 43.0 cm³/mol. The molecule has 0 amide bonds. The predicted octanol–water partition coefficient (Wildman–Crippen LogP) is 3.03. The van der Waals surface area contributed by atoms with Gasteiger partial charge < -0.3 is 5.11 Å². The van der Waals surface area contributed by atoms with Crippen molar-refractivity contribution in [2.45, 2.75) is 39.0 Å². The van der Waals surface area contributed by atoms with Crippen molar-refractivity contribution in [1.29, 1.82) is 0 Å². The Kier molecular flexibility index (Phi) is 2.02. The number of hydrogen-bond donors (Lipinski definition) is 1. The molecule has 1 aliphatic rings. The summed E-state index contributed by atoms with van der Waals surface area (Å²) in [6.45, 7) is 5.77. The van der Waals surface area contributed by atoms with E-state index in [1.165, 1.54) is 12.8 Å². The fourth-order valence-electron chi connectivity index (χ4n) is 1.90. The van der Waals surface area contributed by atoms with E-state index in [1.807, 2.05) is 0 Å². The zero-order chi connectivity index (χ0) is 7.61. The molecule has 1 nitrogen and oxygen atoms in total. The molecule has 0 spiro atoms. The van der Waals surface area contributed by atoms with Gasteiger partial charge in [-0.2, -0.15) is 0 Å². The van der Waals surface area contributed by atoms with Gasteiger partial charge in [-0.1, -0.05) is 26.3 Å². The third-order valence-electron chi connectivity index (χ3n) is 2.85. The maximum Gasteiger partial charge on any atom is 0.0912 e. The van der Waals surface area contributed by atoms with Gasteiger partial charge in [-0.15, -0.1) is 0 Å². The van der Waals surface area contributed by atoms with Crippen LogP contribution in [0.1, 0.15) is 39.0 Å². The summed E-state index contributed by atoms with van der Waals surface area (Å²) in [5.74, 6) is 0.410. The minimum absolute atomic E-state index is 0.0972. The normalized spacial score (nSPS) is 22.9. The Bertz CT molecular complexity index is 132. The van der Waals surface area contributed by atoms with E-state index >= 15 is 0 Å². The highest BCUT2D eigenvalue weighted by atomic mass is 16.3. The molecule has 0 atom stereocenters. The van der Waals surface area contributed by atoms with Gasteiger partial charge >= 0.3 is 0 Å². The summed E-state index contributed by atoms with van der Waals surface area (Å²) in [5.41, 5.74) is 0.0972. The van der Waals surface area contributed by atoms with Gasteiger partial charge in [0.15, 0.2) is 0 Å². The lowest BCUT2D eigenvalue weighted by Gasteiger charge is -2.25. The van der Waals surface area contributed by atoms with E-state index in [1.54, 1.807) is 0 Å². The molecule has 0 aromatic carbocycles. The van der Waals surface area contributed by atoms with E-state index < -0.39 is 0 Å². The molecule has 0 radical (unpaired) electrons. The first kappa shape index (κ1) is 7.64. The number of aliphatic hydroxyl groups is 1.